The molecule has 0 spiro atoms. The fraction of sp³-hybridized carbons (Fsp3) is 0.375. The molecule has 0 aliphatic rings. The van der Waals surface area contributed by atoms with Crippen molar-refractivity contribution in [1.29, 1.82) is 0 Å². The molecular weight excluding hydrogens is 348 g/mol. The molecule has 0 fully saturated rings. The maximum Gasteiger partial charge on any atom is 0.408 e. The molecule has 0 aromatic heterocycles. The van der Waals surface area contributed by atoms with Gasteiger partial charge in [0.2, 0.25) is 5.91 Å². The van der Waals surface area contributed by atoms with Crippen LogP contribution in [-0.2, 0) is 4.74 Å². The number of nitrogens with two attached hydrogens (primary N) is 1. The van der Waals surface area contributed by atoms with E-state index in [0.29, 0.717) is 22.0 Å². The van der Waals surface area contributed by atoms with E-state index in [4.69, 9.17) is 10.5 Å². The normalized spacial score (nSPS) is 12.4. The molecule has 1 aromatic carbocycles. The Kier molecular flexibility index (Phi) is 6.17. The van der Waals surface area contributed by atoms with Crippen LogP contribution >= 0.6 is 15.9 Å². The number of halogens is 1. The summed E-state index contributed by atoms with van der Waals surface area (Å²) in [4.78, 5) is 23.3. The van der Waals surface area contributed by atoms with Crippen LogP contribution in [0.4, 0.5) is 4.79 Å². The lowest BCUT2D eigenvalue weighted by Crippen LogP contribution is -2.41. The lowest BCUT2D eigenvalue weighted by atomic mass is 10.0. The molecule has 2 amide bonds. The van der Waals surface area contributed by atoms with Gasteiger partial charge in [0.05, 0.1) is 0 Å². The van der Waals surface area contributed by atoms with Gasteiger partial charge in [-0.3, -0.25) is 4.79 Å². The fourth-order valence-corrected chi connectivity index (χ4v) is 2.32. The zero-order valence-corrected chi connectivity index (χ0v) is 14.6. The Labute approximate surface area is 139 Å². The standard InChI is InChI=1S/C16H21BrN2O3/c1-5-6-13(22-15(21)19-16(2,3)4)10-7-11(14(18)20)9-12(17)8-10/h5,7-9,13H,1,6H2,2-4H3,(H2,18,20)(H,19,21)/t13-/m0/s1. The highest BCUT2D eigenvalue weighted by atomic mass is 79.9. The van der Waals surface area contributed by atoms with E-state index in [2.05, 4.69) is 27.8 Å². The predicted octanol–water partition coefficient (Wildman–Crippen LogP) is 3.69. The molecule has 0 saturated carbocycles. The second-order valence-electron chi connectivity index (χ2n) is 5.93. The minimum absolute atomic E-state index is 0.346. The first-order chi connectivity index (χ1) is 10.1. The minimum atomic E-state index is -0.546. The van der Waals surface area contributed by atoms with Gasteiger partial charge in [0, 0.05) is 22.0 Å². The van der Waals surface area contributed by atoms with Crippen LogP contribution in [0.15, 0.2) is 35.3 Å². The monoisotopic (exact) mass is 368 g/mol. The van der Waals surface area contributed by atoms with Gasteiger partial charge < -0.3 is 15.8 Å². The van der Waals surface area contributed by atoms with Crippen LogP contribution in [0.25, 0.3) is 0 Å². The number of nitrogens with one attached hydrogen (secondary N) is 1. The van der Waals surface area contributed by atoms with Crippen molar-refractivity contribution in [3.8, 4) is 0 Å². The molecule has 1 rings (SSSR count). The number of hydrogen-bond donors (Lipinski definition) is 2. The highest BCUT2D eigenvalue weighted by Gasteiger charge is 2.21. The predicted molar refractivity (Wildman–Crippen MR) is 89.6 cm³/mol. The van der Waals surface area contributed by atoms with E-state index in [1.54, 1.807) is 24.3 Å². The number of ether oxygens (including phenoxy) is 1. The highest BCUT2D eigenvalue weighted by Crippen LogP contribution is 2.26. The van der Waals surface area contributed by atoms with Crippen LogP contribution in [0.5, 0.6) is 0 Å². The largest absolute Gasteiger partial charge is 0.441 e. The number of amides is 2. The number of benzene rings is 1. The Morgan fingerprint density at radius 1 is 1.41 bits per heavy atom. The van der Waals surface area contributed by atoms with Crippen molar-refractivity contribution < 1.29 is 14.3 Å². The van der Waals surface area contributed by atoms with Crippen molar-refractivity contribution in [2.24, 2.45) is 5.73 Å². The topological polar surface area (TPSA) is 81.4 Å². The van der Waals surface area contributed by atoms with E-state index >= 15 is 0 Å². The zero-order chi connectivity index (χ0) is 16.9. The molecule has 3 N–H and O–H groups in total. The molecule has 0 unspecified atom stereocenters. The molecule has 0 saturated heterocycles. The third kappa shape index (κ3) is 5.89. The third-order valence-electron chi connectivity index (χ3n) is 2.68. The molecule has 0 aliphatic carbocycles. The first kappa shape index (κ1) is 18.2. The molecule has 0 radical (unpaired) electrons. The van der Waals surface area contributed by atoms with Gasteiger partial charge in [-0.05, 0) is 44.5 Å². The number of primary amides is 1. The number of carbonyl (C=O) groups is 2. The summed E-state index contributed by atoms with van der Waals surface area (Å²) in [5.74, 6) is -0.543. The van der Waals surface area contributed by atoms with Crippen LogP contribution < -0.4 is 11.1 Å². The smallest absolute Gasteiger partial charge is 0.408 e. The molecule has 6 heteroatoms. The Morgan fingerprint density at radius 3 is 2.55 bits per heavy atom. The van der Waals surface area contributed by atoms with Crippen LogP contribution in [0.3, 0.4) is 0 Å². The van der Waals surface area contributed by atoms with Crippen molar-refractivity contribution in [2.45, 2.75) is 38.8 Å². The van der Waals surface area contributed by atoms with E-state index in [1.165, 1.54) is 0 Å². The Hall–Kier alpha value is -1.82. The summed E-state index contributed by atoms with van der Waals surface area (Å²) in [6, 6.07) is 5.02. The fourth-order valence-electron chi connectivity index (χ4n) is 1.81. The summed E-state index contributed by atoms with van der Waals surface area (Å²) >= 11 is 3.33. The third-order valence-corrected chi connectivity index (χ3v) is 3.14. The SMILES string of the molecule is C=CC[C@H](OC(=O)NC(C)(C)C)c1cc(Br)cc(C(N)=O)c1. The summed E-state index contributed by atoms with van der Waals surface area (Å²) < 4.78 is 6.14. The maximum atomic E-state index is 11.9. The van der Waals surface area contributed by atoms with Crippen LogP contribution in [0.1, 0.15) is 49.2 Å². The first-order valence-corrected chi connectivity index (χ1v) is 7.61. The van der Waals surface area contributed by atoms with E-state index in [-0.39, 0.29) is 0 Å². The van der Waals surface area contributed by atoms with Crippen LogP contribution in [0.2, 0.25) is 0 Å². The van der Waals surface area contributed by atoms with Gasteiger partial charge in [0.1, 0.15) is 6.10 Å². The van der Waals surface area contributed by atoms with Crippen molar-refractivity contribution in [1.82, 2.24) is 5.32 Å². The highest BCUT2D eigenvalue weighted by molar-refractivity contribution is 9.10. The lowest BCUT2D eigenvalue weighted by Gasteiger charge is -2.23. The lowest BCUT2D eigenvalue weighted by molar-refractivity contribution is 0.0923. The molecule has 0 aliphatic heterocycles. The van der Waals surface area contributed by atoms with Crippen molar-refractivity contribution >= 4 is 27.9 Å². The molecular formula is C16H21BrN2O3. The van der Waals surface area contributed by atoms with Gasteiger partial charge in [-0.2, -0.15) is 0 Å². The van der Waals surface area contributed by atoms with Gasteiger partial charge in [-0.1, -0.05) is 22.0 Å². The van der Waals surface area contributed by atoms with Crippen LogP contribution in [0, 0.1) is 0 Å². The molecule has 1 atom stereocenters. The number of alkyl carbamates (subject to hydrolysis) is 1. The summed E-state index contributed by atoms with van der Waals surface area (Å²) in [7, 11) is 0. The van der Waals surface area contributed by atoms with Gasteiger partial charge in [0.15, 0.2) is 0 Å². The summed E-state index contributed by atoms with van der Waals surface area (Å²) in [5.41, 5.74) is 5.93. The Balaban J connectivity index is 3.02. The number of carbonyl (C=O) groups excluding carboxylic acids is 2. The molecule has 1 aromatic rings. The van der Waals surface area contributed by atoms with Gasteiger partial charge in [-0.15, -0.1) is 6.58 Å². The second kappa shape index (κ2) is 7.45. The molecule has 5 nitrogen and oxygen atoms in total. The van der Waals surface area contributed by atoms with Gasteiger partial charge in [-0.25, -0.2) is 4.79 Å². The van der Waals surface area contributed by atoms with E-state index < -0.39 is 23.6 Å². The van der Waals surface area contributed by atoms with E-state index in [1.807, 2.05) is 20.8 Å². The number of rotatable bonds is 5. The quantitative estimate of drug-likeness (QED) is 0.777. The number of hydrogen-bond acceptors (Lipinski definition) is 3. The first-order valence-electron chi connectivity index (χ1n) is 6.82. The van der Waals surface area contributed by atoms with E-state index in [0.717, 1.165) is 0 Å². The van der Waals surface area contributed by atoms with Gasteiger partial charge in [0.25, 0.3) is 0 Å². The van der Waals surface area contributed by atoms with Crippen molar-refractivity contribution in [2.75, 3.05) is 0 Å². The minimum Gasteiger partial charge on any atom is -0.441 e. The second-order valence-corrected chi connectivity index (χ2v) is 6.85. The molecule has 22 heavy (non-hydrogen) atoms. The summed E-state index contributed by atoms with van der Waals surface area (Å²) in [6.45, 7) is 9.26. The average Bonchev–Trinajstić information content (AvgIpc) is 2.35. The Bertz CT molecular complexity index is 579. The zero-order valence-electron chi connectivity index (χ0n) is 13.0. The molecule has 0 bridgehead atoms. The van der Waals surface area contributed by atoms with E-state index in [9.17, 15) is 9.59 Å². The molecule has 0 heterocycles. The van der Waals surface area contributed by atoms with Crippen molar-refractivity contribution in [3.63, 3.8) is 0 Å². The average molecular weight is 369 g/mol. The Morgan fingerprint density at radius 2 is 2.05 bits per heavy atom. The van der Waals surface area contributed by atoms with Gasteiger partial charge >= 0.3 is 6.09 Å². The molecule has 120 valence electrons. The van der Waals surface area contributed by atoms with Crippen LogP contribution in [-0.4, -0.2) is 17.5 Å². The maximum absolute atomic E-state index is 11.9. The van der Waals surface area contributed by atoms with Crippen molar-refractivity contribution in [3.05, 3.63) is 46.5 Å². The summed E-state index contributed by atoms with van der Waals surface area (Å²) in [5, 5.41) is 2.73. The summed E-state index contributed by atoms with van der Waals surface area (Å²) in [6.07, 6.45) is 1.00.